The van der Waals surface area contributed by atoms with Gasteiger partial charge in [-0.2, -0.15) is 28.4 Å². The number of carbonyl (C=O) groups excluding carboxylic acids is 2. The number of ether oxygens (including phenoxy) is 2. The number of methoxy groups -OCH3 is 1. The van der Waals surface area contributed by atoms with E-state index in [4.69, 9.17) is 15.2 Å². The Labute approximate surface area is 211 Å². The molecule has 37 heavy (non-hydrogen) atoms. The molecule has 1 atom stereocenters. The standard InChI is InChI=1S/C23H28F3N7O4/c1-22(2,3)33-21(35)37-10-6-9-16(30-17-15(12-27)19(36-4)32-20(28)31-17)18(34)29-14-8-5-7-13(11-14)23(24,25)26/h5,7-8,11,16H,6,9-10H2,1-4H3,(H,29,34)(H,33,35)(H3,28,30,31,32)/t16-/m0/s1. The molecule has 2 amide bonds. The number of amides is 2. The monoisotopic (exact) mass is 523 g/mol. The van der Waals surface area contributed by atoms with Gasteiger partial charge in [0.15, 0.2) is 11.4 Å². The number of nitrogens with zero attached hydrogens (tertiary/aromatic N) is 3. The molecule has 5 N–H and O–H groups in total. The van der Waals surface area contributed by atoms with Gasteiger partial charge in [0.05, 0.1) is 19.3 Å². The number of hydrogen-bond donors (Lipinski definition) is 4. The van der Waals surface area contributed by atoms with E-state index in [1.165, 1.54) is 13.2 Å². The summed E-state index contributed by atoms with van der Waals surface area (Å²) in [6.07, 6.45) is -5.01. The van der Waals surface area contributed by atoms with Gasteiger partial charge in [0.2, 0.25) is 17.7 Å². The number of alkyl carbamates (subject to hydrolysis) is 1. The molecule has 0 aliphatic carbocycles. The van der Waals surface area contributed by atoms with Crippen LogP contribution in [0.2, 0.25) is 0 Å². The molecule has 0 spiro atoms. The van der Waals surface area contributed by atoms with Crippen molar-refractivity contribution < 1.29 is 32.2 Å². The van der Waals surface area contributed by atoms with Crippen LogP contribution in [0.15, 0.2) is 24.3 Å². The predicted molar refractivity (Wildman–Crippen MR) is 129 cm³/mol. The fraction of sp³-hybridized carbons (Fsp3) is 0.435. The van der Waals surface area contributed by atoms with E-state index in [1.54, 1.807) is 20.8 Å². The van der Waals surface area contributed by atoms with Crippen molar-refractivity contribution in [1.82, 2.24) is 15.3 Å². The van der Waals surface area contributed by atoms with Crippen LogP contribution in [0, 0.1) is 11.3 Å². The molecular weight excluding hydrogens is 495 g/mol. The fourth-order valence-corrected chi connectivity index (χ4v) is 3.04. The molecule has 200 valence electrons. The van der Waals surface area contributed by atoms with Crippen molar-refractivity contribution in [1.29, 1.82) is 5.26 Å². The van der Waals surface area contributed by atoms with Crippen LogP contribution in [0.4, 0.5) is 35.4 Å². The number of benzene rings is 1. The van der Waals surface area contributed by atoms with E-state index < -0.39 is 35.3 Å². The van der Waals surface area contributed by atoms with Crippen LogP contribution in [0.5, 0.6) is 5.88 Å². The van der Waals surface area contributed by atoms with E-state index in [0.717, 1.165) is 18.2 Å². The van der Waals surface area contributed by atoms with Crippen LogP contribution < -0.4 is 26.4 Å². The Balaban J connectivity index is 2.24. The van der Waals surface area contributed by atoms with Crippen molar-refractivity contribution in [2.75, 3.05) is 30.1 Å². The molecule has 0 bridgehead atoms. The van der Waals surface area contributed by atoms with Crippen LogP contribution in [-0.4, -0.2) is 47.3 Å². The average Bonchev–Trinajstić information content (AvgIpc) is 2.79. The zero-order valence-electron chi connectivity index (χ0n) is 20.7. The van der Waals surface area contributed by atoms with E-state index in [9.17, 15) is 28.0 Å². The number of rotatable bonds is 9. The Morgan fingerprint density at radius 2 is 1.92 bits per heavy atom. The fourth-order valence-electron chi connectivity index (χ4n) is 3.04. The van der Waals surface area contributed by atoms with Crippen molar-refractivity contribution in [3.63, 3.8) is 0 Å². The molecule has 2 aromatic rings. The molecule has 11 nitrogen and oxygen atoms in total. The molecule has 0 saturated carbocycles. The van der Waals surface area contributed by atoms with Gasteiger partial charge in [-0.15, -0.1) is 0 Å². The maximum Gasteiger partial charge on any atom is 0.416 e. The van der Waals surface area contributed by atoms with E-state index in [1.807, 2.05) is 6.07 Å². The summed E-state index contributed by atoms with van der Waals surface area (Å²) in [7, 11) is 1.27. The number of anilines is 3. The van der Waals surface area contributed by atoms with Crippen molar-refractivity contribution in [3.8, 4) is 11.9 Å². The van der Waals surface area contributed by atoms with Gasteiger partial charge in [-0.3, -0.25) is 4.79 Å². The third kappa shape index (κ3) is 9.02. The molecule has 14 heteroatoms. The van der Waals surface area contributed by atoms with Gasteiger partial charge in [0.25, 0.3) is 0 Å². The van der Waals surface area contributed by atoms with Crippen molar-refractivity contribution in [2.45, 2.75) is 51.4 Å². The Kier molecular flexibility index (Phi) is 9.48. The highest BCUT2D eigenvalue weighted by atomic mass is 19.4. The summed E-state index contributed by atoms with van der Waals surface area (Å²) in [5.74, 6) is -1.20. The highest BCUT2D eigenvalue weighted by Crippen LogP contribution is 2.31. The molecule has 0 unspecified atom stereocenters. The van der Waals surface area contributed by atoms with Crippen LogP contribution in [0.1, 0.15) is 44.7 Å². The van der Waals surface area contributed by atoms with Crippen molar-refractivity contribution in [2.24, 2.45) is 0 Å². The lowest BCUT2D eigenvalue weighted by molar-refractivity contribution is -0.137. The topological polar surface area (TPSA) is 164 Å². The Morgan fingerprint density at radius 1 is 1.22 bits per heavy atom. The number of aromatic nitrogens is 2. The van der Waals surface area contributed by atoms with Gasteiger partial charge in [-0.05, 0) is 51.8 Å². The zero-order chi connectivity index (χ0) is 27.8. The third-order valence-electron chi connectivity index (χ3n) is 4.63. The molecule has 1 aromatic carbocycles. The summed E-state index contributed by atoms with van der Waals surface area (Å²) in [5, 5.41) is 17.4. The Morgan fingerprint density at radius 3 is 2.51 bits per heavy atom. The maximum absolute atomic E-state index is 13.1. The van der Waals surface area contributed by atoms with E-state index in [0.29, 0.717) is 0 Å². The van der Waals surface area contributed by atoms with Crippen molar-refractivity contribution in [3.05, 3.63) is 35.4 Å². The Bertz CT molecular complexity index is 1160. The van der Waals surface area contributed by atoms with E-state index in [2.05, 4.69) is 25.9 Å². The summed E-state index contributed by atoms with van der Waals surface area (Å²) in [6.45, 7) is 5.28. The molecule has 0 saturated heterocycles. The van der Waals surface area contributed by atoms with Gasteiger partial charge < -0.3 is 31.2 Å². The first-order valence-corrected chi connectivity index (χ1v) is 11.0. The highest BCUT2D eigenvalue weighted by Gasteiger charge is 2.31. The number of alkyl halides is 3. The van der Waals surface area contributed by atoms with Gasteiger partial charge in [0, 0.05) is 11.2 Å². The average molecular weight is 524 g/mol. The molecule has 1 heterocycles. The first-order valence-electron chi connectivity index (χ1n) is 11.0. The quantitative estimate of drug-likeness (QED) is 0.359. The molecule has 1 aromatic heterocycles. The number of hydrogen-bond acceptors (Lipinski definition) is 9. The number of nitriles is 1. The first-order chi connectivity index (χ1) is 17.2. The Hall–Kier alpha value is -4.28. The lowest BCUT2D eigenvalue weighted by Crippen LogP contribution is -2.41. The number of carbonyl (C=O) groups is 2. The van der Waals surface area contributed by atoms with Crippen LogP contribution >= 0.6 is 0 Å². The number of halogens is 3. The predicted octanol–water partition coefficient (Wildman–Crippen LogP) is 3.68. The molecule has 0 fully saturated rings. The minimum atomic E-state index is -4.60. The summed E-state index contributed by atoms with van der Waals surface area (Å²) < 4.78 is 49.4. The van der Waals surface area contributed by atoms with E-state index in [-0.39, 0.29) is 48.3 Å². The van der Waals surface area contributed by atoms with Gasteiger partial charge in [-0.25, -0.2) is 4.79 Å². The normalized spacial score (nSPS) is 12.2. The number of nitrogens with two attached hydrogens (primary N) is 1. The molecule has 0 radical (unpaired) electrons. The largest absolute Gasteiger partial charge is 0.480 e. The van der Waals surface area contributed by atoms with E-state index >= 15 is 0 Å². The minimum Gasteiger partial charge on any atom is -0.480 e. The van der Waals surface area contributed by atoms with Gasteiger partial charge in [0.1, 0.15) is 12.1 Å². The molecule has 2 rings (SSSR count). The third-order valence-corrected chi connectivity index (χ3v) is 4.63. The highest BCUT2D eigenvalue weighted by molar-refractivity contribution is 5.96. The summed E-state index contributed by atoms with van der Waals surface area (Å²) in [5.41, 5.74) is 4.01. The lowest BCUT2D eigenvalue weighted by atomic mass is 10.1. The van der Waals surface area contributed by atoms with Crippen molar-refractivity contribution >= 4 is 29.5 Å². The molecule has 0 aliphatic rings. The molecule has 0 aliphatic heterocycles. The smallest absolute Gasteiger partial charge is 0.416 e. The first kappa shape index (κ1) is 29.0. The second-order valence-corrected chi connectivity index (χ2v) is 8.84. The zero-order valence-corrected chi connectivity index (χ0v) is 20.7. The van der Waals surface area contributed by atoms with Crippen LogP contribution in [0.25, 0.3) is 0 Å². The SMILES string of the molecule is COc1nc(N)nc(N[C@@H](CCCOC(=O)NC(C)(C)C)C(=O)Nc2cccc(C(F)(F)F)c2)c1C#N. The summed E-state index contributed by atoms with van der Waals surface area (Å²) in [4.78, 5) is 32.7. The van der Waals surface area contributed by atoms with Gasteiger partial charge >= 0.3 is 12.3 Å². The molecular formula is C23H28F3N7O4. The maximum atomic E-state index is 13.1. The summed E-state index contributed by atoms with van der Waals surface area (Å²) >= 11 is 0. The van der Waals surface area contributed by atoms with Crippen LogP contribution in [-0.2, 0) is 15.7 Å². The minimum absolute atomic E-state index is 0.0463. The summed E-state index contributed by atoms with van der Waals surface area (Å²) in [6, 6.07) is 4.88. The lowest BCUT2D eigenvalue weighted by Gasteiger charge is -2.21. The van der Waals surface area contributed by atoms with Gasteiger partial charge in [-0.1, -0.05) is 6.07 Å². The van der Waals surface area contributed by atoms with Crippen LogP contribution in [0.3, 0.4) is 0 Å². The second kappa shape index (κ2) is 12.1. The number of nitrogens with one attached hydrogen (secondary N) is 3. The number of nitrogen functional groups attached to an aromatic ring is 1. The second-order valence-electron chi connectivity index (χ2n) is 8.84.